The number of benzene rings is 1. The Labute approximate surface area is 94.6 Å². The molecule has 84 valence electrons. The smallest absolute Gasteiger partial charge is 0.0705 e. The molecule has 3 heteroatoms. The van der Waals surface area contributed by atoms with Gasteiger partial charge in [-0.25, -0.2) is 0 Å². The molecule has 0 spiro atoms. The Kier molecular flexibility index (Phi) is 2.90. The molecule has 4 N–H and O–H groups in total. The van der Waals surface area contributed by atoms with Crippen LogP contribution in [-0.2, 0) is 6.42 Å². The van der Waals surface area contributed by atoms with Crippen molar-refractivity contribution in [1.29, 1.82) is 0 Å². The lowest BCUT2D eigenvalue weighted by molar-refractivity contribution is 0.562. The second kappa shape index (κ2) is 4.20. The fourth-order valence-electron chi connectivity index (χ4n) is 2.34. The molecule has 1 unspecified atom stereocenters. The molecule has 1 aliphatic rings. The summed E-state index contributed by atoms with van der Waals surface area (Å²) in [5.41, 5.74) is 9.64. The molecule has 1 atom stereocenters. The number of fused-ring (bicyclic) bond motifs is 2. The molecule has 3 nitrogen and oxygen atoms in total. The van der Waals surface area contributed by atoms with Gasteiger partial charge in [-0.1, -0.05) is 18.2 Å². The minimum atomic E-state index is 0. The molecular weight excluding hydrogens is 200 g/mol. The summed E-state index contributed by atoms with van der Waals surface area (Å²) in [4.78, 5) is 4.69. The van der Waals surface area contributed by atoms with Crippen molar-refractivity contribution in [3.05, 3.63) is 41.6 Å². The zero-order valence-corrected chi connectivity index (χ0v) is 9.11. The fraction of sp³-hybridized carbons (Fsp3) is 0.308. The molecular formula is C13H16N2O. The van der Waals surface area contributed by atoms with Crippen LogP contribution in [-0.4, -0.2) is 10.5 Å². The van der Waals surface area contributed by atoms with Gasteiger partial charge >= 0.3 is 0 Å². The summed E-state index contributed by atoms with van der Waals surface area (Å²) < 4.78 is 0. The minimum Gasteiger partial charge on any atom is -0.412 e. The van der Waals surface area contributed by atoms with Crippen molar-refractivity contribution < 1.29 is 5.48 Å². The number of nitrogens with zero attached hydrogens (tertiary/aromatic N) is 1. The topological polar surface area (TPSA) is 70.4 Å². The van der Waals surface area contributed by atoms with Crippen LogP contribution in [0.1, 0.15) is 30.1 Å². The predicted molar refractivity (Wildman–Crippen MR) is 65.2 cm³/mol. The summed E-state index contributed by atoms with van der Waals surface area (Å²) in [6, 6.07) is 10.6. The van der Waals surface area contributed by atoms with Gasteiger partial charge in [0.2, 0.25) is 0 Å². The Hall–Kier alpha value is -1.45. The predicted octanol–water partition coefficient (Wildman–Crippen LogP) is 1.75. The van der Waals surface area contributed by atoms with E-state index in [9.17, 15) is 0 Å². The molecule has 0 amide bonds. The van der Waals surface area contributed by atoms with Crippen molar-refractivity contribution in [3.8, 4) is 0 Å². The summed E-state index contributed by atoms with van der Waals surface area (Å²) in [7, 11) is 0. The van der Waals surface area contributed by atoms with Gasteiger partial charge in [-0.05, 0) is 37.0 Å². The summed E-state index contributed by atoms with van der Waals surface area (Å²) in [6.45, 7) is 0. The Bertz CT molecular complexity index is 510. The van der Waals surface area contributed by atoms with E-state index in [1.807, 2.05) is 12.1 Å². The second-order valence-corrected chi connectivity index (χ2v) is 4.22. The van der Waals surface area contributed by atoms with E-state index < -0.39 is 0 Å². The SMILES string of the molecule is NC1CCCc2nc3ccccc3cc21.O. The maximum atomic E-state index is 6.10. The molecule has 0 fully saturated rings. The van der Waals surface area contributed by atoms with E-state index in [1.165, 1.54) is 23.1 Å². The van der Waals surface area contributed by atoms with Gasteiger partial charge in [0, 0.05) is 17.1 Å². The summed E-state index contributed by atoms with van der Waals surface area (Å²) in [5, 5.41) is 1.20. The lowest BCUT2D eigenvalue weighted by Gasteiger charge is -2.21. The number of hydrogen-bond donors (Lipinski definition) is 1. The molecule has 2 aromatic rings. The van der Waals surface area contributed by atoms with Gasteiger partial charge in [-0.15, -0.1) is 0 Å². The van der Waals surface area contributed by atoms with Crippen LogP contribution in [0.5, 0.6) is 0 Å². The molecule has 1 aromatic carbocycles. The fourth-order valence-corrected chi connectivity index (χ4v) is 2.34. The largest absolute Gasteiger partial charge is 0.412 e. The highest BCUT2D eigenvalue weighted by atomic mass is 16.0. The highest BCUT2D eigenvalue weighted by Crippen LogP contribution is 2.29. The zero-order valence-electron chi connectivity index (χ0n) is 9.11. The monoisotopic (exact) mass is 216 g/mol. The van der Waals surface area contributed by atoms with Gasteiger partial charge < -0.3 is 11.2 Å². The Morgan fingerprint density at radius 3 is 2.94 bits per heavy atom. The molecule has 0 bridgehead atoms. The first-order valence-corrected chi connectivity index (χ1v) is 5.49. The average Bonchev–Trinajstić information content (AvgIpc) is 2.27. The number of pyridine rings is 1. The van der Waals surface area contributed by atoms with Crippen LogP contribution >= 0.6 is 0 Å². The third-order valence-electron chi connectivity index (χ3n) is 3.16. The van der Waals surface area contributed by atoms with Crippen molar-refractivity contribution >= 4 is 10.9 Å². The van der Waals surface area contributed by atoms with Gasteiger partial charge in [0.1, 0.15) is 0 Å². The normalized spacial score (nSPS) is 18.9. The Morgan fingerprint density at radius 2 is 2.06 bits per heavy atom. The Balaban J connectivity index is 0.000000963. The summed E-state index contributed by atoms with van der Waals surface area (Å²) in [6.07, 6.45) is 3.33. The number of para-hydroxylation sites is 1. The first kappa shape index (κ1) is 11.0. The molecule has 1 aromatic heterocycles. The molecule has 0 aliphatic heterocycles. The van der Waals surface area contributed by atoms with E-state index in [0.717, 1.165) is 18.4 Å². The highest BCUT2D eigenvalue weighted by Gasteiger charge is 2.18. The molecule has 1 heterocycles. The maximum absolute atomic E-state index is 6.10. The van der Waals surface area contributed by atoms with E-state index in [2.05, 4.69) is 23.2 Å². The number of nitrogens with two attached hydrogens (primary N) is 1. The Morgan fingerprint density at radius 1 is 1.25 bits per heavy atom. The lowest BCUT2D eigenvalue weighted by atomic mass is 9.91. The zero-order chi connectivity index (χ0) is 10.3. The third-order valence-corrected chi connectivity index (χ3v) is 3.16. The number of aryl methyl sites for hydroxylation is 1. The van der Waals surface area contributed by atoms with Crippen LogP contribution in [0.25, 0.3) is 10.9 Å². The summed E-state index contributed by atoms with van der Waals surface area (Å²) in [5.74, 6) is 0. The van der Waals surface area contributed by atoms with Gasteiger partial charge in [0.25, 0.3) is 0 Å². The molecule has 0 saturated heterocycles. The van der Waals surface area contributed by atoms with E-state index in [1.54, 1.807) is 0 Å². The van der Waals surface area contributed by atoms with Gasteiger partial charge in [0.05, 0.1) is 5.52 Å². The van der Waals surface area contributed by atoms with Crippen molar-refractivity contribution in [1.82, 2.24) is 4.98 Å². The number of rotatable bonds is 0. The van der Waals surface area contributed by atoms with Crippen molar-refractivity contribution in [2.24, 2.45) is 5.73 Å². The number of hydrogen-bond acceptors (Lipinski definition) is 2. The van der Waals surface area contributed by atoms with E-state index in [-0.39, 0.29) is 11.5 Å². The third kappa shape index (κ3) is 1.68. The van der Waals surface area contributed by atoms with Crippen LogP contribution in [0.15, 0.2) is 30.3 Å². The van der Waals surface area contributed by atoms with Crippen LogP contribution in [0.4, 0.5) is 0 Å². The molecule has 3 rings (SSSR count). The van der Waals surface area contributed by atoms with Crippen LogP contribution in [0, 0.1) is 0 Å². The first-order chi connectivity index (χ1) is 7.34. The van der Waals surface area contributed by atoms with E-state index in [4.69, 9.17) is 5.73 Å². The highest BCUT2D eigenvalue weighted by molar-refractivity contribution is 5.79. The standard InChI is InChI=1S/C13H14N2.H2O/c14-11-5-3-7-13-10(11)8-9-4-1-2-6-12(9)15-13;/h1-2,4,6,8,11H,3,5,7,14H2;1H2. The van der Waals surface area contributed by atoms with Crippen LogP contribution in [0.2, 0.25) is 0 Å². The van der Waals surface area contributed by atoms with E-state index in [0.29, 0.717) is 0 Å². The van der Waals surface area contributed by atoms with Crippen LogP contribution in [0.3, 0.4) is 0 Å². The molecule has 1 aliphatic carbocycles. The quantitative estimate of drug-likeness (QED) is 0.728. The minimum absolute atomic E-state index is 0. The lowest BCUT2D eigenvalue weighted by Crippen LogP contribution is -2.18. The van der Waals surface area contributed by atoms with E-state index >= 15 is 0 Å². The molecule has 16 heavy (non-hydrogen) atoms. The van der Waals surface area contributed by atoms with Gasteiger partial charge in [-0.3, -0.25) is 4.98 Å². The molecule has 0 saturated carbocycles. The van der Waals surface area contributed by atoms with Gasteiger partial charge in [0.15, 0.2) is 0 Å². The van der Waals surface area contributed by atoms with Crippen molar-refractivity contribution in [2.45, 2.75) is 25.3 Å². The number of aromatic nitrogens is 1. The van der Waals surface area contributed by atoms with Gasteiger partial charge in [-0.2, -0.15) is 0 Å². The second-order valence-electron chi connectivity index (χ2n) is 4.22. The van der Waals surface area contributed by atoms with Crippen molar-refractivity contribution in [3.63, 3.8) is 0 Å². The maximum Gasteiger partial charge on any atom is 0.0705 e. The van der Waals surface area contributed by atoms with Crippen LogP contribution < -0.4 is 5.73 Å². The van der Waals surface area contributed by atoms with Crippen molar-refractivity contribution in [2.75, 3.05) is 0 Å². The molecule has 0 radical (unpaired) electrons. The summed E-state index contributed by atoms with van der Waals surface area (Å²) >= 11 is 0. The average molecular weight is 216 g/mol. The first-order valence-electron chi connectivity index (χ1n) is 5.49.